The average Bonchev–Trinajstić information content (AvgIpc) is 3.08. The third kappa shape index (κ3) is 5.40. The molecule has 0 saturated carbocycles. The zero-order valence-corrected chi connectivity index (χ0v) is 19.4. The molecule has 0 aliphatic carbocycles. The summed E-state index contributed by atoms with van der Waals surface area (Å²) in [7, 11) is -4.12. The lowest BCUT2D eigenvalue weighted by atomic mass is 9.87. The van der Waals surface area contributed by atoms with Gasteiger partial charge in [0.05, 0.1) is 16.0 Å². The van der Waals surface area contributed by atoms with Crippen LogP contribution in [-0.4, -0.2) is 23.5 Å². The van der Waals surface area contributed by atoms with E-state index in [2.05, 4.69) is 0 Å². The highest BCUT2D eigenvalue weighted by Gasteiger charge is 2.32. The Hall–Kier alpha value is -2.81. The summed E-state index contributed by atoms with van der Waals surface area (Å²) in [6.07, 6.45) is -3.71. The molecule has 0 amide bonds. The third-order valence-electron chi connectivity index (χ3n) is 5.47. The van der Waals surface area contributed by atoms with E-state index in [0.717, 1.165) is 21.7 Å². The lowest BCUT2D eigenvalue weighted by Gasteiger charge is -2.20. The maximum absolute atomic E-state index is 13.7. The normalized spacial score (nSPS) is 12.9. The standard InChI is InChI=1S/C24H26F3NO4S/c1-23(2,3)17-7-6-9-20(15-17)33(31,32)28-19(8-4-5-10-22(29)30)14-16-13-18(24(25,26)27)11-12-21(16)28/h6-7,9,11-15H,4-5,8,10H2,1-3H3,(H,29,30). The molecule has 3 rings (SSSR count). The fraction of sp³-hybridized carbons (Fsp3) is 0.375. The van der Waals surface area contributed by atoms with Crippen LogP contribution in [0.15, 0.2) is 53.4 Å². The lowest BCUT2D eigenvalue weighted by Crippen LogP contribution is -2.18. The molecule has 9 heteroatoms. The van der Waals surface area contributed by atoms with Gasteiger partial charge in [0.15, 0.2) is 0 Å². The molecule has 1 heterocycles. The Kier molecular flexibility index (Phi) is 6.66. The molecule has 0 radical (unpaired) electrons. The van der Waals surface area contributed by atoms with Crippen molar-refractivity contribution in [3.05, 3.63) is 65.4 Å². The summed E-state index contributed by atoms with van der Waals surface area (Å²) in [5.74, 6) is -0.961. The minimum Gasteiger partial charge on any atom is -0.481 e. The van der Waals surface area contributed by atoms with Crippen molar-refractivity contribution in [3.8, 4) is 0 Å². The SMILES string of the molecule is CC(C)(C)c1cccc(S(=O)(=O)n2c(CCCCC(=O)O)cc3cc(C(F)(F)F)ccc32)c1. The zero-order chi connectivity index (χ0) is 24.6. The van der Waals surface area contributed by atoms with Gasteiger partial charge in [-0.3, -0.25) is 4.79 Å². The third-order valence-corrected chi connectivity index (χ3v) is 7.23. The van der Waals surface area contributed by atoms with Crippen LogP contribution in [0.2, 0.25) is 0 Å². The maximum Gasteiger partial charge on any atom is 0.416 e. The van der Waals surface area contributed by atoms with Crippen LogP contribution in [0.4, 0.5) is 13.2 Å². The van der Waals surface area contributed by atoms with Crippen LogP contribution < -0.4 is 0 Å². The Bertz CT molecular complexity index is 1290. The summed E-state index contributed by atoms with van der Waals surface area (Å²) in [5, 5.41) is 9.01. The van der Waals surface area contributed by atoms with E-state index in [1.165, 1.54) is 18.2 Å². The van der Waals surface area contributed by atoms with Gasteiger partial charge in [0.2, 0.25) is 0 Å². The number of benzene rings is 2. The zero-order valence-electron chi connectivity index (χ0n) is 18.6. The van der Waals surface area contributed by atoms with Crippen molar-refractivity contribution in [2.45, 2.75) is 62.9 Å². The molecule has 1 N–H and O–H groups in total. The molecule has 0 atom stereocenters. The number of unbranched alkanes of at least 4 members (excludes halogenated alkanes) is 1. The van der Waals surface area contributed by atoms with Crippen LogP contribution in [0.25, 0.3) is 10.9 Å². The van der Waals surface area contributed by atoms with Crippen LogP contribution in [-0.2, 0) is 32.8 Å². The number of aromatic nitrogens is 1. The van der Waals surface area contributed by atoms with Crippen molar-refractivity contribution < 1.29 is 31.5 Å². The number of fused-ring (bicyclic) bond motifs is 1. The van der Waals surface area contributed by atoms with Crippen molar-refractivity contribution in [3.63, 3.8) is 0 Å². The summed E-state index contributed by atoms with van der Waals surface area (Å²) in [4.78, 5) is 10.8. The molecule has 5 nitrogen and oxygen atoms in total. The molecule has 178 valence electrons. The van der Waals surface area contributed by atoms with Crippen LogP contribution in [0.1, 0.15) is 56.9 Å². The summed E-state index contributed by atoms with van der Waals surface area (Å²) < 4.78 is 68.1. The first-order chi connectivity index (χ1) is 15.2. The molecule has 0 fully saturated rings. The molecule has 33 heavy (non-hydrogen) atoms. The quantitative estimate of drug-likeness (QED) is 0.421. The first-order valence-electron chi connectivity index (χ1n) is 10.5. The Morgan fingerprint density at radius 1 is 0.970 bits per heavy atom. The number of aliphatic carboxylic acids is 1. The molecular formula is C24H26F3NO4S. The van der Waals surface area contributed by atoms with Gasteiger partial charge in [-0.1, -0.05) is 32.9 Å². The van der Waals surface area contributed by atoms with Crippen LogP contribution >= 0.6 is 0 Å². The molecule has 0 bridgehead atoms. The number of halogens is 3. The Morgan fingerprint density at radius 2 is 1.67 bits per heavy atom. The van der Waals surface area contributed by atoms with Crippen LogP contribution in [0.3, 0.4) is 0 Å². The number of carboxylic acids is 1. The first kappa shape index (κ1) is 24.8. The molecular weight excluding hydrogens is 455 g/mol. The maximum atomic E-state index is 13.7. The molecule has 0 aliphatic heterocycles. The molecule has 0 unspecified atom stereocenters. The number of hydrogen-bond acceptors (Lipinski definition) is 3. The van der Waals surface area contributed by atoms with Crippen molar-refractivity contribution in [1.29, 1.82) is 0 Å². The number of hydrogen-bond donors (Lipinski definition) is 1. The second kappa shape index (κ2) is 8.85. The minimum absolute atomic E-state index is 0.0408. The first-order valence-corrected chi connectivity index (χ1v) is 11.9. The molecule has 0 spiro atoms. The Morgan fingerprint density at radius 3 is 2.27 bits per heavy atom. The lowest BCUT2D eigenvalue weighted by molar-refractivity contribution is -0.138. The van der Waals surface area contributed by atoms with Gasteiger partial charge in [0.25, 0.3) is 10.0 Å². The van der Waals surface area contributed by atoms with Gasteiger partial charge in [0.1, 0.15) is 0 Å². The van der Waals surface area contributed by atoms with Gasteiger partial charge in [-0.05, 0) is 66.6 Å². The van der Waals surface area contributed by atoms with Gasteiger partial charge in [-0.25, -0.2) is 12.4 Å². The number of alkyl halides is 3. The van der Waals surface area contributed by atoms with Gasteiger partial charge in [-0.15, -0.1) is 0 Å². The van der Waals surface area contributed by atoms with E-state index in [-0.39, 0.29) is 34.1 Å². The summed E-state index contributed by atoms with van der Waals surface area (Å²) in [6.45, 7) is 5.86. The topological polar surface area (TPSA) is 76.4 Å². The summed E-state index contributed by atoms with van der Waals surface area (Å²) in [5.41, 5.74) is 0.110. The molecule has 1 aromatic heterocycles. The number of carboxylic acid groups (broad SMARTS) is 1. The van der Waals surface area contributed by atoms with E-state index in [1.54, 1.807) is 12.1 Å². The van der Waals surface area contributed by atoms with Crippen molar-refractivity contribution >= 4 is 26.9 Å². The number of nitrogens with zero attached hydrogens (tertiary/aromatic N) is 1. The predicted molar refractivity (Wildman–Crippen MR) is 120 cm³/mol. The minimum atomic E-state index is -4.56. The van der Waals surface area contributed by atoms with Crippen molar-refractivity contribution in [1.82, 2.24) is 3.97 Å². The van der Waals surface area contributed by atoms with Gasteiger partial charge in [-0.2, -0.15) is 13.2 Å². The summed E-state index contributed by atoms with van der Waals surface area (Å²) >= 11 is 0. The second-order valence-electron chi connectivity index (χ2n) is 9.06. The fourth-order valence-electron chi connectivity index (χ4n) is 3.69. The molecule has 3 aromatic rings. The largest absolute Gasteiger partial charge is 0.481 e. The monoisotopic (exact) mass is 481 g/mol. The summed E-state index contributed by atoms with van der Waals surface area (Å²) in [6, 6.07) is 10.9. The number of rotatable bonds is 7. The van der Waals surface area contributed by atoms with E-state index in [4.69, 9.17) is 5.11 Å². The van der Waals surface area contributed by atoms with Gasteiger partial charge >= 0.3 is 12.1 Å². The average molecular weight is 482 g/mol. The van der Waals surface area contributed by atoms with E-state index >= 15 is 0 Å². The van der Waals surface area contributed by atoms with E-state index in [1.807, 2.05) is 26.8 Å². The van der Waals surface area contributed by atoms with E-state index in [9.17, 15) is 26.4 Å². The molecule has 2 aromatic carbocycles. The number of carbonyl (C=O) groups is 1. The highest BCUT2D eigenvalue weighted by atomic mass is 32.2. The highest BCUT2D eigenvalue weighted by molar-refractivity contribution is 7.90. The van der Waals surface area contributed by atoms with Gasteiger partial charge < -0.3 is 5.11 Å². The smallest absolute Gasteiger partial charge is 0.416 e. The molecule has 0 saturated heterocycles. The van der Waals surface area contributed by atoms with E-state index in [0.29, 0.717) is 18.5 Å². The van der Waals surface area contributed by atoms with Crippen molar-refractivity contribution in [2.75, 3.05) is 0 Å². The Labute approximate surface area is 190 Å². The highest BCUT2D eigenvalue weighted by Crippen LogP contribution is 2.34. The van der Waals surface area contributed by atoms with Crippen LogP contribution in [0.5, 0.6) is 0 Å². The fourth-order valence-corrected chi connectivity index (χ4v) is 5.31. The Balaban J connectivity index is 2.16. The van der Waals surface area contributed by atoms with Crippen LogP contribution in [0, 0.1) is 0 Å². The van der Waals surface area contributed by atoms with Crippen molar-refractivity contribution in [2.24, 2.45) is 0 Å². The van der Waals surface area contributed by atoms with E-state index < -0.39 is 27.7 Å². The number of aryl methyl sites for hydroxylation is 1. The molecule has 0 aliphatic rings. The predicted octanol–water partition coefficient (Wildman–Crippen LogP) is 5.99. The van der Waals surface area contributed by atoms with Gasteiger partial charge in [0, 0.05) is 17.5 Å². The second-order valence-corrected chi connectivity index (χ2v) is 10.8.